The molecule has 3 rings (SSSR count). The van der Waals surface area contributed by atoms with Gasteiger partial charge in [-0.05, 0) is 12.1 Å². The molecule has 2 heterocycles. The number of hydrogen-bond acceptors (Lipinski definition) is 5. The minimum Gasteiger partial charge on any atom is -0.464 e. The van der Waals surface area contributed by atoms with Crippen LogP contribution in [0.15, 0.2) is 36.5 Å². The van der Waals surface area contributed by atoms with Crippen LogP contribution < -0.4 is 0 Å². The van der Waals surface area contributed by atoms with Gasteiger partial charge >= 0.3 is 5.97 Å². The van der Waals surface area contributed by atoms with Crippen molar-refractivity contribution in [3.63, 3.8) is 0 Å². The van der Waals surface area contributed by atoms with E-state index in [1.807, 2.05) is 30.3 Å². The predicted octanol–water partition coefficient (Wildman–Crippen LogP) is 1.82. The zero-order valence-corrected chi connectivity index (χ0v) is 11.1. The number of nitrogens with zero attached hydrogens (tertiary/aromatic N) is 4. The van der Waals surface area contributed by atoms with E-state index in [0.29, 0.717) is 5.69 Å². The molecule has 6 nitrogen and oxygen atoms in total. The van der Waals surface area contributed by atoms with Gasteiger partial charge in [-0.2, -0.15) is 9.90 Å². The fourth-order valence-corrected chi connectivity index (χ4v) is 2.13. The molecule has 0 fully saturated rings. The van der Waals surface area contributed by atoms with E-state index in [9.17, 15) is 4.79 Å². The summed E-state index contributed by atoms with van der Waals surface area (Å²) in [5, 5.41) is 9.27. The Balaban J connectivity index is 2.29. The first-order valence-electron chi connectivity index (χ1n) is 6.04. The van der Waals surface area contributed by atoms with Crippen molar-refractivity contribution in [2.24, 2.45) is 7.05 Å². The Bertz CT molecular complexity index is 789. The number of aryl methyl sites for hydroxylation is 1. The fourth-order valence-electron chi connectivity index (χ4n) is 2.13. The van der Waals surface area contributed by atoms with Gasteiger partial charge in [0, 0.05) is 24.2 Å². The van der Waals surface area contributed by atoms with Crippen LogP contribution in [0.3, 0.4) is 0 Å². The number of esters is 1. The van der Waals surface area contributed by atoms with E-state index in [0.717, 1.165) is 16.5 Å². The summed E-state index contributed by atoms with van der Waals surface area (Å²) in [5.41, 5.74) is 2.35. The van der Waals surface area contributed by atoms with Crippen LogP contribution >= 0.6 is 0 Å². The third kappa shape index (κ3) is 1.91. The normalized spacial score (nSPS) is 10.7. The molecule has 0 N–H and O–H groups in total. The first kappa shape index (κ1) is 12.3. The second-order valence-electron chi connectivity index (χ2n) is 4.25. The molecule has 0 spiro atoms. The number of benzene rings is 1. The number of ether oxygens (including phenoxy) is 1. The lowest BCUT2D eigenvalue weighted by molar-refractivity contribution is 0.0594. The van der Waals surface area contributed by atoms with Crippen molar-refractivity contribution < 1.29 is 9.53 Å². The molecule has 0 saturated carbocycles. The monoisotopic (exact) mass is 268 g/mol. The number of carbonyl (C=O) groups is 1. The van der Waals surface area contributed by atoms with Crippen LogP contribution in [0.1, 0.15) is 10.5 Å². The van der Waals surface area contributed by atoms with Crippen LogP contribution in [0, 0.1) is 0 Å². The van der Waals surface area contributed by atoms with Crippen LogP contribution in [0.5, 0.6) is 0 Å². The number of rotatable bonds is 2. The van der Waals surface area contributed by atoms with Gasteiger partial charge in [0.25, 0.3) is 0 Å². The first-order valence-corrected chi connectivity index (χ1v) is 6.04. The second-order valence-corrected chi connectivity index (χ2v) is 4.25. The average Bonchev–Trinajstić information content (AvgIpc) is 2.87. The molecule has 0 unspecified atom stereocenters. The molecule has 100 valence electrons. The van der Waals surface area contributed by atoms with Crippen LogP contribution in [-0.2, 0) is 11.8 Å². The summed E-state index contributed by atoms with van der Waals surface area (Å²) in [6.45, 7) is 0. The van der Waals surface area contributed by atoms with E-state index in [1.54, 1.807) is 13.2 Å². The SMILES string of the molecule is COC(=O)c1nn(C)nc1-c1cccc2ncccc12. The number of carbonyl (C=O) groups excluding carboxylic acids is 1. The highest BCUT2D eigenvalue weighted by molar-refractivity contribution is 6.00. The Morgan fingerprint density at radius 3 is 2.85 bits per heavy atom. The summed E-state index contributed by atoms with van der Waals surface area (Å²) >= 11 is 0. The highest BCUT2D eigenvalue weighted by Gasteiger charge is 2.21. The van der Waals surface area contributed by atoms with Crippen molar-refractivity contribution in [3.05, 3.63) is 42.2 Å². The van der Waals surface area contributed by atoms with Crippen molar-refractivity contribution in [1.29, 1.82) is 0 Å². The van der Waals surface area contributed by atoms with Crippen molar-refractivity contribution in [2.45, 2.75) is 0 Å². The molecule has 0 bridgehead atoms. The van der Waals surface area contributed by atoms with E-state index in [4.69, 9.17) is 4.74 Å². The number of fused-ring (bicyclic) bond motifs is 1. The smallest absolute Gasteiger partial charge is 0.360 e. The Morgan fingerprint density at radius 2 is 2.05 bits per heavy atom. The molecule has 0 radical (unpaired) electrons. The molecule has 0 amide bonds. The second kappa shape index (κ2) is 4.73. The molecule has 3 aromatic rings. The van der Waals surface area contributed by atoms with Gasteiger partial charge in [-0.1, -0.05) is 18.2 Å². The lowest BCUT2D eigenvalue weighted by Gasteiger charge is -2.04. The molecular formula is C14H12N4O2. The number of pyridine rings is 1. The maximum atomic E-state index is 11.8. The summed E-state index contributed by atoms with van der Waals surface area (Å²) in [7, 11) is 2.99. The molecule has 0 aliphatic heterocycles. The molecule has 6 heteroatoms. The number of methoxy groups -OCH3 is 1. The minimum atomic E-state index is -0.506. The topological polar surface area (TPSA) is 69.9 Å². The fraction of sp³-hybridized carbons (Fsp3) is 0.143. The largest absolute Gasteiger partial charge is 0.464 e. The summed E-state index contributed by atoms with van der Waals surface area (Å²) in [6, 6.07) is 9.46. The lowest BCUT2D eigenvalue weighted by Crippen LogP contribution is -2.04. The third-order valence-electron chi connectivity index (χ3n) is 2.99. The molecule has 2 aromatic heterocycles. The van der Waals surface area contributed by atoms with E-state index in [2.05, 4.69) is 15.2 Å². The van der Waals surface area contributed by atoms with Crippen LogP contribution in [0.25, 0.3) is 22.2 Å². The van der Waals surface area contributed by atoms with Crippen LogP contribution in [0.2, 0.25) is 0 Å². The molecular weight excluding hydrogens is 256 g/mol. The quantitative estimate of drug-likeness (QED) is 0.663. The average molecular weight is 268 g/mol. The Morgan fingerprint density at radius 1 is 1.20 bits per heavy atom. The molecule has 0 aliphatic carbocycles. The molecule has 0 atom stereocenters. The maximum Gasteiger partial charge on any atom is 0.360 e. The van der Waals surface area contributed by atoms with Gasteiger partial charge in [0.15, 0.2) is 5.69 Å². The maximum absolute atomic E-state index is 11.8. The minimum absolute atomic E-state index is 0.200. The van der Waals surface area contributed by atoms with Crippen molar-refractivity contribution in [3.8, 4) is 11.3 Å². The van der Waals surface area contributed by atoms with E-state index >= 15 is 0 Å². The third-order valence-corrected chi connectivity index (χ3v) is 2.99. The number of aromatic nitrogens is 4. The van der Waals surface area contributed by atoms with E-state index in [-0.39, 0.29) is 5.69 Å². The molecule has 0 saturated heterocycles. The van der Waals surface area contributed by atoms with E-state index < -0.39 is 5.97 Å². The summed E-state index contributed by atoms with van der Waals surface area (Å²) in [6.07, 6.45) is 1.73. The zero-order valence-electron chi connectivity index (χ0n) is 11.1. The van der Waals surface area contributed by atoms with Crippen molar-refractivity contribution in [1.82, 2.24) is 20.0 Å². The van der Waals surface area contributed by atoms with Crippen molar-refractivity contribution in [2.75, 3.05) is 7.11 Å². The molecule has 20 heavy (non-hydrogen) atoms. The van der Waals surface area contributed by atoms with Crippen LogP contribution in [-0.4, -0.2) is 33.1 Å². The molecule has 0 aliphatic rings. The van der Waals surface area contributed by atoms with Gasteiger partial charge in [-0.15, -0.1) is 5.10 Å². The predicted molar refractivity (Wildman–Crippen MR) is 73.1 cm³/mol. The Labute approximate surface area is 115 Å². The standard InChI is InChI=1S/C14H12N4O2/c1-18-16-12(13(17-18)14(19)20-2)10-5-3-7-11-9(10)6-4-8-15-11/h3-8H,1-2H3. The van der Waals surface area contributed by atoms with Gasteiger partial charge in [-0.25, -0.2) is 4.79 Å². The highest BCUT2D eigenvalue weighted by Crippen LogP contribution is 2.28. The lowest BCUT2D eigenvalue weighted by atomic mass is 10.0. The summed E-state index contributed by atoms with van der Waals surface area (Å²) in [5.74, 6) is -0.506. The van der Waals surface area contributed by atoms with Crippen molar-refractivity contribution >= 4 is 16.9 Å². The Kier molecular flexibility index (Phi) is 2.90. The van der Waals surface area contributed by atoms with Crippen LogP contribution in [0.4, 0.5) is 0 Å². The number of hydrogen-bond donors (Lipinski definition) is 0. The zero-order chi connectivity index (χ0) is 14.1. The van der Waals surface area contributed by atoms with Gasteiger partial charge in [-0.3, -0.25) is 4.98 Å². The molecule has 1 aromatic carbocycles. The van der Waals surface area contributed by atoms with Gasteiger partial charge < -0.3 is 4.74 Å². The van der Waals surface area contributed by atoms with E-state index in [1.165, 1.54) is 11.9 Å². The first-order chi connectivity index (χ1) is 9.70. The highest BCUT2D eigenvalue weighted by atomic mass is 16.5. The van der Waals surface area contributed by atoms with Gasteiger partial charge in [0.2, 0.25) is 0 Å². The van der Waals surface area contributed by atoms with Gasteiger partial charge in [0.1, 0.15) is 5.69 Å². The summed E-state index contributed by atoms with van der Waals surface area (Å²) < 4.78 is 4.75. The summed E-state index contributed by atoms with van der Waals surface area (Å²) in [4.78, 5) is 17.5. The van der Waals surface area contributed by atoms with Gasteiger partial charge in [0.05, 0.1) is 12.6 Å². The Hall–Kier alpha value is -2.76.